The summed E-state index contributed by atoms with van der Waals surface area (Å²) in [5, 5.41) is 8.40. The largest absolute Gasteiger partial charge is 0.492 e. The summed E-state index contributed by atoms with van der Waals surface area (Å²) in [6.07, 6.45) is -2.43. The fourth-order valence-corrected chi connectivity index (χ4v) is 5.17. The van der Waals surface area contributed by atoms with Crippen LogP contribution in [0, 0.1) is 0 Å². The van der Waals surface area contributed by atoms with E-state index in [1.807, 2.05) is 0 Å². The molecule has 5 rings (SSSR count). The van der Waals surface area contributed by atoms with Crippen molar-refractivity contribution in [1.82, 2.24) is 14.2 Å². The Bertz CT molecular complexity index is 1170. The van der Waals surface area contributed by atoms with Gasteiger partial charge in [0.2, 0.25) is 0 Å². The Morgan fingerprint density at radius 3 is 2.24 bits per heavy atom. The highest BCUT2D eigenvalue weighted by Gasteiger charge is 2.38. The van der Waals surface area contributed by atoms with Gasteiger partial charge in [0.1, 0.15) is 18.2 Å². The van der Waals surface area contributed by atoms with Crippen LogP contribution in [0.1, 0.15) is 12.8 Å². The summed E-state index contributed by atoms with van der Waals surface area (Å²) in [4.78, 5) is 16.2. The summed E-state index contributed by atoms with van der Waals surface area (Å²) < 4.78 is 43.7. The lowest BCUT2D eigenvalue weighted by Crippen LogP contribution is -2.44. The van der Waals surface area contributed by atoms with Gasteiger partial charge in [0, 0.05) is 38.1 Å². The van der Waals surface area contributed by atoms with Crippen molar-refractivity contribution in [2.75, 3.05) is 64.4 Å². The Balaban J connectivity index is 0.000000405. The number of halogens is 3. The van der Waals surface area contributed by atoms with Gasteiger partial charge < -0.3 is 19.6 Å². The number of rotatable bonds is 6. The molecule has 0 amide bonds. The third kappa shape index (κ3) is 7.33. The van der Waals surface area contributed by atoms with Crippen LogP contribution in [0.2, 0.25) is 0 Å². The fraction of sp³-hybridized carbons (Fsp3) is 0.462. The molecule has 0 radical (unpaired) electrons. The lowest BCUT2D eigenvalue weighted by atomic mass is 10.0. The maximum atomic E-state index is 10.6. The number of alkyl halides is 3. The fourth-order valence-electron chi connectivity index (χ4n) is 4.39. The number of hydrogen-bond donors (Lipinski definition) is 1. The van der Waals surface area contributed by atoms with Gasteiger partial charge in [0.25, 0.3) is 0 Å². The third-order valence-electron chi connectivity index (χ3n) is 6.56. The topological polar surface area (TPSA) is 69.1 Å². The minimum atomic E-state index is -5.08. The summed E-state index contributed by atoms with van der Waals surface area (Å²) in [5.74, 6) is -0.659. The number of aliphatic carboxylic acids is 1. The first-order valence-corrected chi connectivity index (χ1v) is 13.1. The summed E-state index contributed by atoms with van der Waals surface area (Å²) in [6.45, 7) is 8.51. The second kappa shape index (κ2) is 12.1. The van der Waals surface area contributed by atoms with Crippen LogP contribution in [-0.4, -0.2) is 90.9 Å². The first-order chi connectivity index (χ1) is 17.7. The second-order valence-corrected chi connectivity index (χ2v) is 10.0. The molecule has 0 saturated carbocycles. The van der Waals surface area contributed by atoms with E-state index in [1.54, 1.807) is 11.5 Å². The molecule has 0 unspecified atom stereocenters. The number of carboxylic acids is 1. The van der Waals surface area contributed by atoms with Gasteiger partial charge in [-0.2, -0.15) is 17.5 Å². The Hall–Kier alpha value is -2.89. The van der Waals surface area contributed by atoms with Gasteiger partial charge in [-0.3, -0.25) is 4.90 Å². The quantitative estimate of drug-likeness (QED) is 0.484. The average molecular weight is 537 g/mol. The number of carbonyl (C=O) groups is 1. The highest BCUT2D eigenvalue weighted by atomic mass is 32.1. The van der Waals surface area contributed by atoms with Crippen LogP contribution < -0.4 is 9.64 Å². The summed E-state index contributed by atoms with van der Waals surface area (Å²) in [7, 11) is 2.19. The molecule has 3 aromatic rings. The van der Waals surface area contributed by atoms with E-state index in [1.165, 1.54) is 47.1 Å². The smallest absolute Gasteiger partial charge is 0.490 e. The molecule has 2 saturated heterocycles. The second-order valence-electron chi connectivity index (χ2n) is 9.23. The van der Waals surface area contributed by atoms with Crippen LogP contribution in [0.5, 0.6) is 5.75 Å². The van der Waals surface area contributed by atoms with Gasteiger partial charge in [0.05, 0.1) is 4.70 Å². The molecule has 2 fully saturated rings. The number of carboxylic acid groups (broad SMARTS) is 1. The number of fused-ring (bicyclic) bond motifs is 1. The first-order valence-electron chi connectivity index (χ1n) is 12.3. The van der Waals surface area contributed by atoms with Gasteiger partial charge in [-0.1, -0.05) is 18.2 Å². The molecule has 3 heterocycles. The van der Waals surface area contributed by atoms with Gasteiger partial charge in [-0.25, -0.2) is 4.79 Å². The number of piperazine rings is 1. The molecule has 0 bridgehead atoms. The SMILES string of the molecule is CN1CCN(c2nsc3ccc(-c4ccc(OCCN5CCCC5)cc4)cc23)CC1.O=C(O)C(F)(F)F. The zero-order chi connectivity index (χ0) is 26.4. The molecule has 0 aliphatic carbocycles. The van der Waals surface area contributed by atoms with E-state index < -0.39 is 12.1 Å². The molecule has 2 aliphatic rings. The molecule has 7 nitrogen and oxygen atoms in total. The summed E-state index contributed by atoms with van der Waals surface area (Å²) >= 11 is 1.60. The number of hydrogen-bond acceptors (Lipinski definition) is 7. The molecule has 11 heteroatoms. The zero-order valence-corrected chi connectivity index (χ0v) is 21.5. The number of aromatic nitrogens is 1. The van der Waals surface area contributed by atoms with Crippen molar-refractivity contribution in [2.24, 2.45) is 0 Å². The normalized spacial score (nSPS) is 17.0. The molecular weight excluding hydrogens is 505 g/mol. The Labute approximate surface area is 218 Å². The maximum absolute atomic E-state index is 10.6. The van der Waals surface area contributed by atoms with Crippen molar-refractivity contribution < 1.29 is 27.8 Å². The van der Waals surface area contributed by atoms with Gasteiger partial charge in [-0.15, -0.1) is 0 Å². The molecular formula is C26H31F3N4O3S. The van der Waals surface area contributed by atoms with Crippen LogP contribution in [0.4, 0.5) is 19.0 Å². The lowest BCUT2D eigenvalue weighted by molar-refractivity contribution is -0.192. The van der Waals surface area contributed by atoms with Crippen molar-refractivity contribution >= 4 is 33.4 Å². The Kier molecular flexibility index (Phi) is 8.88. The van der Waals surface area contributed by atoms with E-state index in [0.29, 0.717) is 0 Å². The van der Waals surface area contributed by atoms with E-state index in [9.17, 15) is 13.2 Å². The number of ether oxygens (including phenoxy) is 1. The molecule has 1 aromatic heterocycles. The van der Waals surface area contributed by atoms with E-state index >= 15 is 0 Å². The van der Waals surface area contributed by atoms with Crippen molar-refractivity contribution in [3.63, 3.8) is 0 Å². The minimum absolute atomic E-state index is 0.764. The van der Waals surface area contributed by atoms with E-state index in [4.69, 9.17) is 19.0 Å². The Morgan fingerprint density at radius 2 is 1.62 bits per heavy atom. The highest BCUT2D eigenvalue weighted by Crippen LogP contribution is 2.34. The van der Waals surface area contributed by atoms with Crippen molar-refractivity contribution in [3.05, 3.63) is 42.5 Å². The zero-order valence-electron chi connectivity index (χ0n) is 20.7. The molecule has 1 N–H and O–H groups in total. The number of likely N-dealkylation sites (tertiary alicyclic amines) is 1. The highest BCUT2D eigenvalue weighted by molar-refractivity contribution is 7.13. The van der Waals surface area contributed by atoms with Gasteiger partial charge in [-0.05, 0) is 79.9 Å². The third-order valence-corrected chi connectivity index (χ3v) is 7.38. The first kappa shape index (κ1) is 27.2. The Morgan fingerprint density at radius 1 is 1.00 bits per heavy atom. The van der Waals surface area contributed by atoms with Crippen molar-refractivity contribution in [2.45, 2.75) is 19.0 Å². The predicted octanol–water partition coefficient (Wildman–Crippen LogP) is 4.82. The van der Waals surface area contributed by atoms with Crippen LogP contribution in [0.15, 0.2) is 42.5 Å². The van der Waals surface area contributed by atoms with Crippen LogP contribution in [-0.2, 0) is 4.79 Å². The molecule has 0 atom stereocenters. The number of benzene rings is 2. The minimum Gasteiger partial charge on any atom is -0.492 e. The number of nitrogens with zero attached hydrogens (tertiary/aromatic N) is 4. The standard InChI is InChI=1S/C24H30N4OS.C2HF3O2/c1-26-12-14-28(15-13-26)24-22-18-20(6-9-23(22)30-25-24)19-4-7-21(8-5-19)29-17-16-27-10-2-3-11-27;3-2(4,5)1(6)7/h4-9,18H,2-3,10-17H2,1H3;(H,6,7). The monoisotopic (exact) mass is 536 g/mol. The lowest BCUT2D eigenvalue weighted by Gasteiger charge is -2.32. The van der Waals surface area contributed by atoms with Crippen LogP contribution >= 0.6 is 11.5 Å². The van der Waals surface area contributed by atoms with E-state index in [2.05, 4.69) is 64.2 Å². The van der Waals surface area contributed by atoms with Crippen molar-refractivity contribution in [3.8, 4) is 16.9 Å². The number of likely N-dealkylation sites (N-methyl/N-ethyl adjacent to an activating group) is 1. The summed E-state index contributed by atoms with van der Waals surface area (Å²) in [6, 6.07) is 15.2. The molecule has 37 heavy (non-hydrogen) atoms. The molecule has 2 aromatic carbocycles. The molecule has 0 spiro atoms. The van der Waals surface area contributed by atoms with Gasteiger partial charge in [0.15, 0.2) is 0 Å². The maximum Gasteiger partial charge on any atom is 0.490 e. The van der Waals surface area contributed by atoms with E-state index in [0.717, 1.165) is 50.9 Å². The number of anilines is 1. The van der Waals surface area contributed by atoms with Gasteiger partial charge >= 0.3 is 12.1 Å². The molecule has 200 valence electrons. The molecule has 2 aliphatic heterocycles. The van der Waals surface area contributed by atoms with Crippen molar-refractivity contribution in [1.29, 1.82) is 0 Å². The average Bonchev–Trinajstić information content (AvgIpc) is 3.55. The van der Waals surface area contributed by atoms with Crippen LogP contribution in [0.25, 0.3) is 21.2 Å². The van der Waals surface area contributed by atoms with Crippen LogP contribution in [0.3, 0.4) is 0 Å². The summed E-state index contributed by atoms with van der Waals surface area (Å²) in [5.41, 5.74) is 2.46. The predicted molar refractivity (Wildman–Crippen MR) is 140 cm³/mol. The van der Waals surface area contributed by atoms with E-state index in [-0.39, 0.29) is 0 Å².